The summed E-state index contributed by atoms with van der Waals surface area (Å²) in [4.78, 5) is 13.8. The molecule has 1 saturated carbocycles. The Hall–Kier alpha value is -3.46. The van der Waals surface area contributed by atoms with Gasteiger partial charge >= 0.3 is 0 Å². The number of anilines is 3. The van der Waals surface area contributed by atoms with Crippen LogP contribution in [0.2, 0.25) is 0 Å². The third-order valence-electron chi connectivity index (χ3n) is 4.90. The van der Waals surface area contributed by atoms with Crippen LogP contribution in [0.15, 0.2) is 54.7 Å². The van der Waals surface area contributed by atoms with Crippen LogP contribution in [0.5, 0.6) is 0 Å². The number of nitrogens with one attached hydrogen (secondary N) is 2. The molecule has 0 unspecified atom stereocenters. The predicted molar refractivity (Wildman–Crippen MR) is 110 cm³/mol. The van der Waals surface area contributed by atoms with Crippen molar-refractivity contribution < 1.29 is 0 Å². The lowest BCUT2D eigenvalue weighted by atomic mass is 9.96. The minimum atomic E-state index is 0.395. The second-order valence-electron chi connectivity index (χ2n) is 6.94. The molecule has 1 aromatic carbocycles. The summed E-state index contributed by atoms with van der Waals surface area (Å²) in [6.45, 7) is 0. The highest BCUT2D eigenvalue weighted by molar-refractivity contribution is 5.68. The van der Waals surface area contributed by atoms with Crippen LogP contribution in [0.25, 0.3) is 11.4 Å². The standard InChI is InChI=1S/C22H22N6/c23-15-16-8-4-5-11-18(16)26-21-14-20(19-12-6-7-13-24-19)27-22(28-21)25-17-9-2-1-3-10-17/h4-8,11-14,17H,1-3,9-10H2,(H2,25,26,27,28). The summed E-state index contributed by atoms with van der Waals surface area (Å²) in [5.74, 6) is 1.23. The van der Waals surface area contributed by atoms with Gasteiger partial charge in [-0.05, 0) is 37.1 Å². The first-order chi connectivity index (χ1) is 13.8. The van der Waals surface area contributed by atoms with Crippen molar-refractivity contribution in [1.82, 2.24) is 15.0 Å². The minimum absolute atomic E-state index is 0.395. The smallest absolute Gasteiger partial charge is 0.225 e. The second-order valence-corrected chi connectivity index (χ2v) is 6.94. The van der Waals surface area contributed by atoms with Gasteiger partial charge in [0.05, 0.1) is 22.6 Å². The molecule has 0 aliphatic heterocycles. The Morgan fingerprint density at radius 1 is 0.929 bits per heavy atom. The molecule has 140 valence electrons. The lowest BCUT2D eigenvalue weighted by Gasteiger charge is -2.23. The third-order valence-corrected chi connectivity index (χ3v) is 4.90. The number of para-hydroxylation sites is 1. The largest absolute Gasteiger partial charge is 0.351 e. The van der Waals surface area contributed by atoms with E-state index in [2.05, 4.69) is 26.7 Å². The fraction of sp³-hybridized carbons (Fsp3) is 0.273. The molecule has 0 bridgehead atoms. The Bertz CT molecular complexity index is 974. The third kappa shape index (κ3) is 4.26. The van der Waals surface area contributed by atoms with E-state index < -0.39 is 0 Å². The molecule has 0 saturated heterocycles. The van der Waals surface area contributed by atoms with E-state index in [0.717, 1.165) is 29.9 Å². The quantitative estimate of drug-likeness (QED) is 0.664. The second kappa shape index (κ2) is 8.49. The van der Waals surface area contributed by atoms with Gasteiger partial charge in [0.1, 0.15) is 11.9 Å². The molecule has 6 nitrogen and oxygen atoms in total. The number of aromatic nitrogens is 3. The van der Waals surface area contributed by atoms with Crippen molar-refractivity contribution >= 4 is 17.5 Å². The average molecular weight is 370 g/mol. The van der Waals surface area contributed by atoms with E-state index in [4.69, 9.17) is 4.98 Å². The summed E-state index contributed by atoms with van der Waals surface area (Å²) in [5, 5.41) is 16.1. The summed E-state index contributed by atoms with van der Waals surface area (Å²) < 4.78 is 0. The molecule has 0 radical (unpaired) electrons. The van der Waals surface area contributed by atoms with Crippen LogP contribution in [-0.4, -0.2) is 21.0 Å². The van der Waals surface area contributed by atoms with Crippen LogP contribution in [0.3, 0.4) is 0 Å². The van der Waals surface area contributed by atoms with Crippen molar-refractivity contribution in [1.29, 1.82) is 5.26 Å². The van der Waals surface area contributed by atoms with Gasteiger partial charge in [0, 0.05) is 18.3 Å². The van der Waals surface area contributed by atoms with Crippen LogP contribution in [0.4, 0.5) is 17.5 Å². The van der Waals surface area contributed by atoms with Crippen molar-refractivity contribution in [2.24, 2.45) is 0 Å². The van der Waals surface area contributed by atoms with Crippen LogP contribution < -0.4 is 10.6 Å². The number of benzene rings is 1. The van der Waals surface area contributed by atoms with Crippen molar-refractivity contribution in [2.45, 2.75) is 38.1 Å². The van der Waals surface area contributed by atoms with Gasteiger partial charge in [-0.25, -0.2) is 4.98 Å². The van der Waals surface area contributed by atoms with E-state index in [-0.39, 0.29) is 0 Å². The monoisotopic (exact) mass is 370 g/mol. The number of nitriles is 1. The maximum absolute atomic E-state index is 9.35. The Morgan fingerprint density at radius 3 is 2.54 bits per heavy atom. The van der Waals surface area contributed by atoms with Gasteiger partial charge in [0.15, 0.2) is 0 Å². The predicted octanol–water partition coefficient (Wildman–Crippen LogP) is 4.90. The molecule has 1 fully saturated rings. The van der Waals surface area contributed by atoms with Crippen LogP contribution in [0.1, 0.15) is 37.7 Å². The van der Waals surface area contributed by atoms with Crippen LogP contribution >= 0.6 is 0 Å². The minimum Gasteiger partial charge on any atom is -0.351 e. The molecule has 6 heteroatoms. The fourth-order valence-corrected chi connectivity index (χ4v) is 3.48. The average Bonchev–Trinajstić information content (AvgIpc) is 2.75. The van der Waals surface area contributed by atoms with Gasteiger partial charge < -0.3 is 10.6 Å². The zero-order valence-electron chi connectivity index (χ0n) is 15.6. The van der Waals surface area contributed by atoms with Gasteiger partial charge in [-0.15, -0.1) is 0 Å². The van der Waals surface area contributed by atoms with Crippen LogP contribution in [0, 0.1) is 11.3 Å². The summed E-state index contributed by atoms with van der Waals surface area (Å²) in [5.41, 5.74) is 2.82. The number of nitrogens with zero attached hydrogens (tertiary/aromatic N) is 4. The normalized spacial score (nSPS) is 14.2. The molecular weight excluding hydrogens is 348 g/mol. The lowest BCUT2D eigenvalue weighted by molar-refractivity contribution is 0.461. The zero-order chi connectivity index (χ0) is 19.2. The van der Waals surface area contributed by atoms with Gasteiger partial charge in [-0.2, -0.15) is 10.2 Å². The number of hydrogen-bond acceptors (Lipinski definition) is 6. The van der Waals surface area contributed by atoms with E-state index in [1.165, 1.54) is 19.3 Å². The molecule has 3 aromatic rings. The van der Waals surface area contributed by atoms with Gasteiger partial charge in [-0.1, -0.05) is 37.5 Å². The molecule has 1 aliphatic rings. The Morgan fingerprint density at radius 2 is 1.75 bits per heavy atom. The number of pyridine rings is 1. The molecule has 2 heterocycles. The van der Waals surface area contributed by atoms with Gasteiger partial charge in [-0.3, -0.25) is 4.98 Å². The molecule has 0 amide bonds. The highest BCUT2D eigenvalue weighted by Crippen LogP contribution is 2.26. The van der Waals surface area contributed by atoms with Crippen molar-refractivity contribution in [2.75, 3.05) is 10.6 Å². The Kier molecular flexibility index (Phi) is 5.43. The fourth-order valence-electron chi connectivity index (χ4n) is 3.48. The lowest BCUT2D eigenvalue weighted by Crippen LogP contribution is -2.23. The number of hydrogen-bond donors (Lipinski definition) is 2. The molecule has 1 aliphatic carbocycles. The van der Waals surface area contributed by atoms with Crippen LogP contribution in [-0.2, 0) is 0 Å². The maximum atomic E-state index is 9.35. The first-order valence-electron chi connectivity index (χ1n) is 9.65. The molecule has 0 atom stereocenters. The molecule has 2 N–H and O–H groups in total. The first-order valence-corrected chi connectivity index (χ1v) is 9.65. The first kappa shape index (κ1) is 17.9. The summed E-state index contributed by atoms with van der Waals surface area (Å²) in [6.07, 6.45) is 7.79. The topological polar surface area (TPSA) is 86.5 Å². The maximum Gasteiger partial charge on any atom is 0.225 e. The highest BCUT2D eigenvalue weighted by Gasteiger charge is 2.16. The van der Waals surface area contributed by atoms with Crippen molar-refractivity contribution in [3.63, 3.8) is 0 Å². The highest BCUT2D eigenvalue weighted by atomic mass is 15.2. The van der Waals surface area contributed by atoms with E-state index in [1.807, 2.05) is 42.5 Å². The van der Waals surface area contributed by atoms with Crippen molar-refractivity contribution in [3.8, 4) is 17.5 Å². The summed E-state index contributed by atoms with van der Waals surface area (Å²) in [6, 6.07) is 17.6. The van der Waals surface area contributed by atoms with E-state index >= 15 is 0 Å². The SMILES string of the molecule is N#Cc1ccccc1Nc1cc(-c2ccccn2)nc(NC2CCCCC2)n1. The molecule has 2 aromatic heterocycles. The van der Waals surface area contributed by atoms with Gasteiger partial charge in [0.25, 0.3) is 0 Å². The zero-order valence-corrected chi connectivity index (χ0v) is 15.6. The van der Waals surface area contributed by atoms with E-state index in [9.17, 15) is 5.26 Å². The van der Waals surface area contributed by atoms with E-state index in [1.54, 1.807) is 12.3 Å². The van der Waals surface area contributed by atoms with Crippen molar-refractivity contribution in [3.05, 3.63) is 60.3 Å². The number of rotatable bonds is 5. The molecular formula is C22H22N6. The van der Waals surface area contributed by atoms with Gasteiger partial charge in [0.2, 0.25) is 5.95 Å². The Labute approximate surface area is 164 Å². The molecule has 28 heavy (non-hydrogen) atoms. The molecule has 4 rings (SSSR count). The molecule has 0 spiro atoms. The summed E-state index contributed by atoms with van der Waals surface area (Å²) in [7, 11) is 0. The summed E-state index contributed by atoms with van der Waals surface area (Å²) >= 11 is 0. The Balaban J connectivity index is 1.68. The van der Waals surface area contributed by atoms with E-state index in [0.29, 0.717) is 23.4 Å².